The summed E-state index contributed by atoms with van der Waals surface area (Å²) in [6, 6.07) is 0. The molecule has 0 aromatic carbocycles. The van der Waals surface area contributed by atoms with Gasteiger partial charge in [-0.05, 0) is 97.3 Å². The Labute approximate surface area is 135 Å². The van der Waals surface area contributed by atoms with E-state index in [1.165, 1.54) is 51.4 Å². The minimum Gasteiger partial charge on any atom is -0.0545 e. The first-order chi connectivity index (χ1) is 10.7. The topological polar surface area (TPSA) is 0 Å². The predicted molar refractivity (Wildman–Crippen MR) is 89.1 cm³/mol. The molecule has 7 rings (SSSR count). The number of allylic oxidation sites excluding steroid dienone is 4. The maximum absolute atomic E-state index is 4.02. The third kappa shape index (κ3) is 1.42. The molecular formula is C22H29. The van der Waals surface area contributed by atoms with Gasteiger partial charge < -0.3 is 0 Å². The van der Waals surface area contributed by atoms with E-state index in [4.69, 9.17) is 0 Å². The van der Waals surface area contributed by atoms with Gasteiger partial charge in [0.15, 0.2) is 0 Å². The molecule has 7 aliphatic rings. The molecule has 5 fully saturated rings. The van der Waals surface area contributed by atoms with E-state index >= 15 is 0 Å². The van der Waals surface area contributed by atoms with Gasteiger partial charge in [-0.1, -0.05) is 26.2 Å². The molecule has 7 aliphatic carbocycles. The minimum atomic E-state index is 0.598. The van der Waals surface area contributed by atoms with Crippen molar-refractivity contribution in [1.29, 1.82) is 0 Å². The van der Waals surface area contributed by atoms with Crippen LogP contribution in [0.2, 0.25) is 0 Å². The van der Waals surface area contributed by atoms with Gasteiger partial charge >= 0.3 is 0 Å². The molecule has 0 aromatic rings. The maximum Gasteiger partial charge on any atom is 0.0177 e. The first-order valence-electron chi connectivity index (χ1n) is 10.1. The van der Waals surface area contributed by atoms with Gasteiger partial charge in [0.25, 0.3) is 0 Å². The standard InChI is InChI=1S/C22H29/c1-14-7-18(20-19(14)22(20)5-3-2-4-6-22)21-11-15-8-16(12-21)10-17(9-15)13-21/h14-17H,2-6,8-13H2,1H3. The van der Waals surface area contributed by atoms with Crippen LogP contribution in [-0.2, 0) is 0 Å². The Hall–Kier alpha value is -0.520. The van der Waals surface area contributed by atoms with Crippen LogP contribution in [0.5, 0.6) is 0 Å². The Morgan fingerprint density at radius 1 is 0.864 bits per heavy atom. The van der Waals surface area contributed by atoms with Crippen LogP contribution in [0.4, 0.5) is 0 Å². The molecule has 22 heavy (non-hydrogen) atoms. The average molecular weight is 293 g/mol. The zero-order chi connectivity index (χ0) is 14.5. The van der Waals surface area contributed by atoms with E-state index in [9.17, 15) is 0 Å². The molecule has 1 radical (unpaired) electrons. The molecule has 0 amide bonds. The van der Waals surface area contributed by atoms with Gasteiger partial charge in [-0.15, -0.1) is 0 Å². The van der Waals surface area contributed by atoms with Crippen molar-refractivity contribution in [3.8, 4) is 0 Å². The number of hydrogen-bond donors (Lipinski definition) is 0. The van der Waals surface area contributed by atoms with Crippen LogP contribution in [0.1, 0.15) is 77.6 Å². The lowest BCUT2D eigenvalue weighted by Crippen LogP contribution is -2.47. The first-order valence-corrected chi connectivity index (χ1v) is 10.1. The zero-order valence-electron chi connectivity index (χ0n) is 14.1. The van der Waals surface area contributed by atoms with Gasteiger partial charge in [0, 0.05) is 11.3 Å². The monoisotopic (exact) mass is 293 g/mol. The van der Waals surface area contributed by atoms with Crippen molar-refractivity contribution >= 4 is 0 Å². The average Bonchev–Trinajstić information content (AvgIpc) is 2.92. The van der Waals surface area contributed by atoms with Crippen LogP contribution in [0.3, 0.4) is 0 Å². The van der Waals surface area contributed by atoms with Crippen LogP contribution in [0, 0.1) is 40.6 Å². The van der Waals surface area contributed by atoms with Crippen LogP contribution >= 0.6 is 0 Å². The molecule has 0 saturated heterocycles. The molecular weight excluding hydrogens is 264 g/mol. The summed E-state index contributed by atoms with van der Waals surface area (Å²) in [5, 5.41) is 0. The van der Waals surface area contributed by atoms with Crippen LogP contribution < -0.4 is 0 Å². The summed E-state index contributed by atoms with van der Waals surface area (Å²) in [6.07, 6.45) is 20.7. The van der Waals surface area contributed by atoms with Gasteiger partial charge in [-0.25, -0.2) is 0 Å². The highest BCUT2D eigenvalue weighted by Gasteiger charge is 2.63. The van der Waals surface area contributed by atoms with E-state index in [1.807, 2.05) is 11.1 Å². The summed E-state index contributed by atoms with van der Waals surface area (Å²) in [5.74, 6) is 3.88. The second-order valence-corrected chi connectivity index (χ2v) is 9.87. The molecule has 0 heterocycles. The number of rotatable bonds is 1. The number of fused-ring (bicyclic) bond motifs is 2. The lowest BCUT2D eigenvalue weighted by molar-refractivity contribution is -0.0301. The van der Waals surface area contributed by atoms with Crippen molar-refractivity contribution in [1.82, 2.24) is 0 Å². The van der Waals surface area contributed by atoms with E-state index in [0.717, 1.165) is 17.8 Å². The van der Waals surface area contributed by atoms with Gasteiger partial charge in [0.2, 0.25) is 0 Å². The van der Waals surface area contributed by atoms with Crippen molar-refractivity contribution < 1.29 is 0 Å². The Morgan fingerprint density at radius 2 is 1.45 bits per heavy atom. The van der Waals surface area contributed by atoms with Crippen LogP contribution in [-0.4, -0.2) is 0 Å². The van der Waals surface area contributed by atoms with Crippen molar-refractivity contribution in [3.05, 3.63) is 22.8 Å². The normalized spacial score (nSPS) is 50.5. The Balaban J connectivity index is 1.39. The molecule has 1 atom stereocenters. The fourth-order valence-electron chi connectivity index (χ4n) is 8.26. The SMILES string of the molecule is CC1[C]=C(C23CC4CC(CC(C4)C2)C3)C2=C1C21CCCCC1. The van der Waals surface area contributed by atoms with Crippen molar-refractivity contribution in [2.75, 3.05) is 0 Å². The largest absolute Gasteiger partial charge is 0.0545 e. The predicted octanol–water partition coefficient (Wildman–Crippen LogP) is 5.84. The lowest BCUT2D eigenvalue weighted by Gasteiger charge is -2.58. The van der Waals surface area contributed by atoms with Crippen molar-refractivity contribution in [2.45, 2.75) is 77.6 Å². The van der Waals surface area contributed by atoms with Crippen LogP contribution in [0.25, 0.3) is 0 Å². The maximum atomic E-state index is 4.02. The Morgan fingerprint density at radius 3 is 2.05 bits per heavy atom. The highest BCUT2D eigenvalue weighted by Crippen LogP contribution is 2.75. The molecule has 1 spiro atoms. The summed E-state index contributed by atoms with van der Waals surface area (Å²) in [6.45, 7) is 2.45. The zero-order valence-corrected chi connectivity index (χ0v) is 14.1. The summed E-state index contributed by atoms with van der Waals surface area (Å²) in [5.41, 5.74) is 6.78. The molecule has 0 nitrogen and oxygen atoms in total. The van der Waals surface area contributed by atoms with Crippen molar-refractivity contribution in [3.63, 3.8) is 0 Å². The highest BCUT2D eigenvalue weighted by atomic mass is 14.7. The summed E-state index contributed by atoms with van der Waals surface area (Å²) in [4.78, 5) is 0. The molecule has 1 unspecified atom stereocenters. The second kappa shape index (κ2) is 3.93. The first kappa shape index (κ1) is 12.8. The van der Waals surface area contributed by atoms with Gasteiger partial charge in [0.1, 0.15) is 0 Å². The summed E-state index contributed by atoms with van der Waals surface area (Å²) < 4.78 is 0. The van der Waals surface area contributed by atoms with E-state index in [2.05, 4.69) is 13.0 Å². The minimum absolute atomic E-state index is 0.598. The quantitative estimate of drug-likeness (QED) is 0.569. The van der Waals surface area contributed by atoms with Crippen LogP contribution in [0.15, 0.2) is 16.7 Å². The fraction of sp³-hybridized carbons (Fsp3) is 0.818. The van der Waals surface area contributed by atoms with E-state index in [-0.39, 0.29) is 0 Å². The molecule has 0 N–H and O–H groups in total. The second-order valence-electron chi connectivity index (χ2n) is 9.87. The smallest absolute Gasteiger partial charge is 0.0177 e. The molecule has 0 heteroatoms. The van der Waals surface area contributed by atoms with E-state index in [1.54, 1.807) is 24.8 Å². The summed E-state index contributed by atoms with van der Waals surface area (Å²) in [7, 11) is 0. The van der Waals surface area contributed by atoms with Crippen molar-refractivity contribution in [2.24, 2.45) is 34.5 Å². The van der Waals surface area contributed by atoms with Gasteiger partial charge in [-0.3, -0.25) is 0 Å². The molecule has 0 aromatic heterocycles. The fourth-order valence-corrected chi connectivity index (χ4v) is 8.26. The third-order valence-electron chi connectivity index (χ3n) is 8.52. The van der Waals surface area contributed by atoms with Gasteiger partial charge in [0.05, 0.1) is 0 Å². The van der Waals surface area contributed by atoms with E-state index < -0.39 is 0 Å². The molecule has 117 valence electrons. The van der Waals surface area contributed by atoms with E-state index in [0.29, 0.717) is 16.7 Å². The third-order valence-corrected chi connectivity index (χ3v) is 8.52. The Kier molecular flexibility index (Phi) is 2.29. The molecule has 0 aliphatic heterocycles. The molecule has 5 saturated carbocycles. The number of hydrogen-bond acceptors (Lipinski definition) is 0. The molecule has 4 bridgehead atoms. The highest BCUT2D eigenvalue weighted by molar-refractivity contribution is 5.67. The van der Waals surface area contributed by atoms with Gasteiger partial charge in [-0.2, -0.15) is 0 Å². The lowest BCUT2D eigenvalue weighted by atomic mass is 9.47. The summed E-state index contributed by atoms with van der Waals surface area (Å²) >= 11 is 0. The Bertz CT molecular complexity index is 560.